The standard InChI is InChI=1S/C12H17BrN2O3/c1-12(2,11(14)17)15-6-7-4-8(13)10(16)9(5-7)18-3/h4-5,15-16H,6H2,1-3H3,(H2,14,17). The molecule has 6 heteroatoms. The lowest BCUT2D eigenvalue weighted by molar-refractivity contribution is -0.123. The van der Waals surface area contributed by atoms with E-state index < -0.39 is 11.4 Å². The summed E-state index contributed by atoms with van der Waals surface area (Å²) in [5.41, 5.74) is 5.34. The van der Waals surface area contributed by atoms with Crippen LogP contribution >= 0.6 is 15.9 Å². The van der Waals surface area contributed by atoms with Crippen LogP contribution < -0.4 is 15.8 Å². The first kappa shape index (κ1) is 14.8. The summed E-state index contributed by atoms with van der Waals surface area (Å²) in [7, 11) is 1.48. The van der Waals surface area contributed by atoms with Gasteiger partial charge < -0.3 is 15.6 Å². The van der Waals surface area contributed by atoms with E-state index in [0.29, 0.717) is 16.8 Å². The van der Waals surface area contributed by atoms with Gasteiger partial charge in [-0.25, -0.2) is 0 Å². The van der Waals surface area contributed by atoms with E-state index in [1.54, 1.807) is 26.0 Å². The Morgan fingerprint density at radius 2 is 2.17 bits per heavy atom. The molecule has 0 aliphatic carbocycles. The van der Waals surface area contributed by atoms with Crippen molar-refractivity contribution in [2.75, 3.05) is 7.11 Å². The Kier molecular flexibility index (Phi) is 4.59. The molecule has 1 aromatic rings. The zero-order valence-electron chi connectivity index (χ0n) is 10.6. The number of phenolic OH excluding ortho intramolecular Hbond substituents is 1. The summed E-state index contributed by atoms with van der Waals surface area (Å²) in [6, 6.07) is 3.45. The molecule has 0 atom stereocenters. The van der Waals surface area contributed by atoms with E-state index in [4.69, 9.17) is 10.5 Å². The summed E-state index contributed by atoms with van der Waals surface area (Å²) in [6.45, 7) is 3.86. The highest BCUT2D eigenvalue weighted by Crippen LogP contribution is 2.35. The van der Waals surface area contributed by atoms with Crippen molar-refractivity contribution >= 4 is 21.8 Å². The fourth-order valence-corrected chi connectivity index (χ4v) is 1.78. The zero-order chi connectivity index (χ0) is 13.9. The summed E-state index contributed by atoms with van der Waals surface area (Å²) < 4.78 is 5.58. The summed E-state index contributed by atoms with van der Waals surface area (Å²) in [5, 5.41) is 12.7. The number of hydrogen-bond donors (Lipinski definition) is 3. The van der Waals surface area contributed by atoms with Crippen LogP contribution in [0.2, 0.25) is 0 Å². The number of phenols is 1. The van der Waals surface area contributed by atoms with Gasteiger partial charge in [-0.15, -0.1) is 0 Å². The molecule has 0 saturated heterocycles. The molecule has 1 rings (SSSR count). The second-order valence-corrected chi connectivity index (χ2v) is 5.33. The van der Waals surface area contributed by atoms with Crippen molar-refractivity contribution in [3.63, 3.8) is 0 Å². The smallest absolute Gasteiger partial charge is 0.237 e. The first-order valence-electron chi connectivity index (χ1n) is 5.38. The van der Waals surface area contributed by atoms with Gasteiger partial charge in [-0.05, 0) is 47.5 Å². The van der Waals surface area contributed by atoms with Crippen molar-refractivity contribution in [3.8, 4) is 11.5 Å². The van der Waals surface area contributed by atoms with Gasteiger partial charge in [0.25, 0.3) is 0 Å². The van der Waals surface area contributed by atoms with Crippen molar-refractivity contribution in [1.29, 1.82) is 0 Å². The van der Waals surface area contributed by atoms with Gasteiger partial charge in [0, 0.05) is 6.54 Å². The van der Waals surface area contributed by atoms with E-state index in [1.165, 1.54) is 7.11 Å². The number of methoxy groups -OCH3 is 1. The number of carbonyl (C=O) groups excluding carboxylic acids is 1. The van der Waals surface area contributed by atoms with E-state index in [0.717, 1.165) is 5.56 Å². The number of halogens is 1. The number of carbonyl (C=O) groups is 1. The molecule has 0 radical (unpaired) electrons. The van der Waals surface area contributed by atoms with Gasteiger partial charge >= 0.3 is 0 Å². The van der Waals surface area contributed by atoms with E-state index >= 15 is 0 Å². The third-order valence-corrected chi connectivity index (χ3v) is 3.26. The van der Waals surface area contributed by atoms with Crippen molar-refractivity contribution < 1.29 is 14.6 Å². The fourth-order valence-electron chi connectivity index (χ4n) is 1.30. The number of ether oxygens (including phenoxy) is 1. The molecule has 0 spiro atoms. The molecule has 0 bridgehead atoms. The molecule has 1 amide bonds. The van der Waals surface area contributed by atoms with Crippen LogP contribution in [0.3, 0.4) is 0 Å². The van der Waals surface area contributed by atoms with E-state index in [1.807, 2.05) is 0 Å². The van der Waals surface area contributed by atoms with Crippen LogP contribution in [-0.2, 0) is 11.3 Å². The number of nitrogens with one attached hydrogen (secondary N) is 1. The fraction of sp³-hybridized carbons (Fsp3) is 0.417. The first-order chi connectivity index (χ1) is 8.27. The number of aromatic hydroxyl groups is 1. The molecule has 4 N–H and O–H groups in total. The van der Waals surface area contributed by atoms with Crippen molar-refractivity contribution in [2.24, 2.45) is 5.73 Å². The highest BCUT2D eigenvalue weighted by atomic mass is 79.9. The van der Waals surface area contributed by atoms with Crippen molar-refractivity contribution in [1.82, 2.24) is 5.32 Å². The van der Waals surface area contributed by atoms with E-state index in [9.17, 15) is 9.90 Å². The molecule has 0 aliphatic rings. The Morgan fingerprint density at radius 1 is 1.56 bits per heavy atom. The van der Waals surface area contributed by atoms with Crippen LogP contribution in [0.4, 0.5) is 0 Å². The number of hydrogen-bond acceptors (Lipinski definition) is 4. The second kappa shape index (κ2) is 5.58. The minimum atomic E-state index is -0.794. The van der Waals surface area contributed by atoms with Gasteiger partial charge in [0.05, 0.1) is 17.1 Å². The molecule has 1 aromatic carbocycles. The van der Waals surface area contributed by atoms with E-state index in [-0.39, 0.29) is 5.75 Å². The zero-order valence-corrected chi connectivity index (χ0v) is 12.2. The van der Waals surface area contributed by atoms with Gasteiger partial charge in [-0.1, -0.05) is 0 Å². The molecule has 0 aromatic heterocycles. The Bertz CT molecular complexity index is 461. The van der Waals surface area contributed by atoms with Gasteiger partial charge in [0.2, 0.25) is 5.91 Å². The SMILES string of the molecule is COc1cc(CNC(C)(C)C(N)=O)cc(Br)c1O. The maximum atomic E-state index is 11.2. The number of rotatable bonds is 5. The van der Waals surface area contributed by atoms with Gasteiger partial charge in [0.1, 0.15) is 0 Å². The number of nitrogens with two attached hydrogens (primary N) is 1. The van der Waals surface area contributed by atoms with Crippen LogP contribution in [0.25, 0.3) is 0 Å². The molecule has 0 aliphatic heterocycles. The molecular formula is C12H17BrN2O3. The molecule has 18 heavy (non-hydrogen) atoms. The van der Waals surface area contributed by atoms with Gasteiger partial charge in [-0.2, -0.15) is 0 Å². The molecule has 5 nitrogen and oxygen atoms in total. The summed E-state index contributed by atoms with van der Waals surface area (Å²) in [6.07, 6.45) is 0. The highest BCUT2D eigenvalue weighted by Gasteiger charge is 2.23. The van der Waals surface area contributed by atoms with Crippen molar-refractivity contribution in [3.05, 3.63) is 22.2 Å². The minimum Gasteiger partial charge on any atom is -0.503 e. The largest absolute Gasteiger partial charge is 0.503 e. The minimum absolute atomic E-state index is 0.0513. The molecular weight excluding hydrogens is 300 g/mol. The molecule has 0 saturated carbocycles. The molecule has 0 fully saturated rings. The third kappa shape index (κ3) is 3.36. The normalized spacial score (nSPS) is 11.3. The monoisotopic (exact) mass is 316 g/mol. The van der Waals surface area contributed by atoms with Crippen LogP contribution in [-0.4, -0.2) is 23.7 Å². The lowest BCUT2D eigenvalue weighted by Crippen LogP contribution is -2.50. The Balaban J connectivity index is 2.87. The Labute approximate surface area is 114 Å². The van der Waals surface area contributed by atoms with E-state index in [2.05, 4.69) is 21.2 Å². The topological polar surface area (TPSA) is 84.6 Å². The lowest BCUT2D eigenvalue weighted by Gasteiger charge is -2.22. The average molecular weight is 317 g/mol. The summed E-state index contributed by atoms with van der Waals surface area (Å²) >= 11 is 3.24. The van der Waals surface area contributed by atoms with Crippen LogP contribution in [0, 0.1) is 0 Å². The number of amides is 1. The summed E-state index contributed by atoms with van der Waals surface area (Å²) in [5.74, 6) is 0.000719. The van der Waals surface area contributed by atoms with Crippen LogP contribution in [0.5, 0.6) is 11.5 Å². The maximum absolute atomic E-state index is 11.2. The number of benzene rings is 1. The average Bonchev–Trinajstić information content (AvgIpc) is 2.30. The first-order valence-corrected chi connectivity index (χ1v) is 6.17. The van der Waals surface area contributed by atoms with Crippen LogP contribution in [0.1, 0.15) is 19.4 Å². The third-order valence-electron chi connectivity index (χ3n) is 2.66. The highest BCUT2D eigenvalue weighted by molar-refractivity contribution is 9.10. The Hall–Kier alpha value is -1.27. The van der Waals surface area contributed by atoms with Crippen molar-refractivity contribution in [2.45, 2.75) is 25.9 Å². The lowest BCUT2D eigenvalue weighted by atomic mass is 10.0. The predicted octanol–water partition coefficient (Wildman–Crippen LogP) is 1.52. The number of primary amides is 1. The second-order valence-electron chi connectivity index (χ2n) is 4.47. The molecule has 100 valence electrons. The van der Waals surface area contributed by atoms with Crippen LogP contribution in [0.15, 0.2) is 16.6 Å². The maximum Gasteiger partial charge on any atom is 0.237 e. The van der Waals surface area contributed by atoms with Gasteiger partial charge in [-0.3, -0.25) is 10.1 Å². The Morgan fingerprint density at radius 3 is 2.67 bits per heavy atom. The molecule has 0 unspecified atom stereocenters. The quantitative estimate of drug-likeness (QED) is 0.769. The molecule has 0 heterocycles. The summed E-state index contributed by atoms with van der Waals surface area (Å²) in [4.78, 5) is 11.2. The predicted molar refractivity (Wildman–Crippen MR) is 72.5 cm³/mol. The van der Waals surface area contributed by atoms with Gasteiger partial charge in [0.15, 0.2) is 11.5 Å².